The monoisotopic (exact) mass is 610 g/mol. The number of benzene rings is 2. The first-order valence-corrected chi connectivity index (χ1v) is 14.9. The smallest absolute Gasteiger partial charge is 0.277 e. The van der Waals surface area contributed by atoms with Crippen molar-refractivity contribution in [3.63, 3.8) is 0 Å². The number of aliphatic hydroxyl groups is 1. The third kappa shape index (κ3) is 6.40. The van der Waals surface area contributed by atoms with Crippen molar-refractivity contribution in [1.82, 2.24) is 14.5 Å². The molecule has 5 rings (SSSR count). The second-order valence-corrected chi connectivity index (χ2v) is 12.3. The Labute approximate surface area is 252 Å². The highest BCUT2D eigenvalue weighted by atomic mass is 35.5. The van der Waals surface area contributed by atoms with E-state index >= 15 is 0 Å². The second kappa shape index (κ2) is 12.4. The van der Waals surface area contributed by atoms with E-state index in [1.54, 1.807) is 7.05 Å². The minimum Gasteiger partial charge on any atom is -0.392 e. The van der Waals surface area contributed by atoms with Crippen molar-refractivity contribution >= 4 is 45.9 Å². The van der Waals surface area contributed by atoms with Gasteiger partial charge in [-0.2, -0.15) is 0 Å². The number of piperidine rings is 1. The predicted octanol–water partition coefficient (Wildman–Crippen LogP) is 4.81. The second-order valence-electron chi connectivity index (χ2n) is 10.3. The van der Waals surface area contributed by atoms with E-state index in [1.165, 1.54) is 22.2 Å². The molecule has 0 unspecified atom stereocenters. The molecule has 8 nitrogen and oxygen atoms in total. The maximum Gasteiger partial charge on any atom is 0.277 e. The molecule has 4 aromatic rings. The standard InChI is InChI=1S/C30H32Cl2N6O2S/c1-35-26(20-4-2-19(15-33)3-5-20)27-25(34)29(39)38(18-36-27)17-30(40)9-11-37(12-10-30)16-22-7-6-21(14-24(22)31)23-8-13-41-28(23)32/h2-8,13-14,18,40H,9-12,15-17,33-34H2,1H3. The molecule has 0 aliphatic carbocycles. The van der Waals surface area contributed by atoms with Crippen LogP contribution < -0.4 is 17.0 Å². The highest BCUT2D eigenvalue weighted by Gasteiger charge is 2.33. The largest absolute Gasteiger partial charge is 0.392 e. The maximum atomic E-state index is 13.2. The van der Waals surface area contributed by atoms with Crippen LogP contribution >= 0.6 is 34.5 Å². The molecule has 5 N–H and O–H groups in total. The molecule has 1 aliphatic rings. The zero-order valence-corrected chi connectivity index (χ0v) is 25.0. The van der Waals surface area contributed by atoms with Crippen LogP contribution in [0.15, 0.2) is 70.0 Å². The third-order valence-electron chi connectivity index (χ3n) is 7.61. The topological polar surface area (TPSA) is 123 Å². The summed E-state index contributed by atoms with van der Waals surface area (Å²) in [5, 5.41) is 14.0. The van der Waals surface area contributed by atoms with E-state index in [4.69, 9.17) is 34.7 Å². The molecule has 11 heteroatoms. The number of halogens is 2. The fourth-order valence-electron chi connectivity index (χ4n) is 5.16. The van der Waals surface area contributed by atoms with Gasteiger partial charge in [-0.25, -0.2) is 4.98 Å². The minimum atomic E-state index is -1.06. The SMILES string of the molecule is CN=C(c1ccc(CN)cc1)c1ncn(CC2(O)CCN(Cc3ccc(-c4ccsc4Cl)cc3Cl)CC2)c(=O)c1N. The maximum absolute atomic E-state index is 13.2. The van der Waals surface area contributed by atoms with Crippen molar-refractivity contribution in [1.29, 1.82) is 0 Å². The van der Waals surface area contributed by atoms with Gasteiger partial charge in [0.05, 0.1) is 24.2 Å². The lowest BCUT2D eigenvalue weighted by Crippen LogP contribution is -2.48. The van der Waals surface area contributed by atoms with Gasteiger partial charge < -0.3 is 16.6 Å². The highest BCUT2D eigenvalue weighted by molar-refractivity contribution is 7.15. The Morgan fingerprint density at radius 3 is 2.49 bits per heavy atom. The number of likely N-dealkylation sites (tertiary alicyclic amines) is 1. The van der Waals surface area contributed by atoms with Gasteiger partial charge in [0.1, 0.15) is 15.7 Å². The van der Waals surface area contributed by atoms with E-state index in [0.717, 1.165) is 32.2 Å². The van der Waals surface area contributed by atoms with Gasteiger partial charge >= 0.3 is 0 Å². The molecule has 0 amide bonds. The van der Waals surface area contributed by atoms with Crippen LogP contribution in [0.3, 0.4) is 0 Å². The average Bonchev–Trinajstić information content (AvgIpc) is 3.41. The fourth-order valence-corrected chi connectivity index (χ4v) is 6.37. The number of nitrogens with two attached hydrogens (primary N) is 2. The van der Waals surface area contributed by atoms with Crippen molar-refractivity contribution < 1.29 is 5.11 Å². The van der Waals surface area contributed by atoms with Crippen molar-refractivity contribution in [2.45, 2.75) is 38.1 Å². The summed E-state index contributed by atoms with van der Waals surface area (Å²) in [5.74, 6) is 0. The van der Waals surface area contributed by atoms with Crippen LogP contribution in [0.5, 0.6) is 0 Å². The Bertz CT molecular complexity index is 1620. The summed E-state index contributed by atoms with van der Waals surface area (Å²) in [4.78, 5) is 24.3. The Morgan fingerprint density at radius 2 is 1.88 bits per heavy atom. The van der Waals surface area contributed by atoms with Crippen LogP contribution in [0.25, 0.3) is 11.1 Å². The summed E-state index contributed by atoms with van der Waals surface area (Å²) in [7, 11) is 1.64. The predicted molar refractivity (Wildman–Crippen MR) is 168 cm³/mol. The summed E-state index contributed by atoms with van der Waals surface area (Å²) in [6, 6.07) is 15.6. The van der Waals surface area contributed by atoms with E-state index in [9.17, 15) is 9.90 Å². The molecule has 0 atom stereocenters. The molecule has 3 heterocycles. The Hall–Kier alpha value is -3.05. The van der Waals surface area contributed by atoms with E-state index in [1.807, 2.05) is 53.9 Å². The Balaban J connectivity index is 1.24. The summed E-state index contributed by atoms with van der Waals surface area (Å²) >= 11 is 14.4. The zero-order valence-electron chi connectivity index (χ0n) is 22.7. The fraction of sp³-hybridized carbons (Fsp3) is 0.300. The van der Waals surface area contributed by atoms with E-state index < -0.39 is 11.2 Å². The number of rotatable bonds is 8. The van der Waals surface area contributed by atoms with Crippen LogP contribution in [0.2, 0.25) is 9.36 Å². The number of nitrogen functional groups attached to an aromatic ring is 1. The molecule has 0 saturated carbocycles. The number of nitrogens with zero attached hydrogens (tertiary/aromatic N) is 4. The Morgan fingerprint density at radius 1 is 1.15 bits per heavy atom. The molecule has 214 valence electrons. The lowest BCUT2D eigenvalue weighted by Gasteiger charge is -2.38. The lowest BCUT2D eigenvalue weighted by molar-refractivity contribution is -0.0365. The van der Waals surface area contributed by atoms with Gasteiger partial charge in [0.2, 0.25) is 0 Å². The number of hydrogen-bond acceptors (Lipinski definition) is 8. The lowest BCUT2D eigenvalue weighted by atomic mass is 9.91. The number of thiophene rings is 1. The van der Waals surface area contributed by atoms with Gasteiger partial charge in [-0.15, -0.1) is 11.3 Å². The van der Waals surface area contributed by atoms with Gasteiger partial charge in [0.15, 0.2) is 0 Å². The summed E-state index contributed by atoms with van der Waals surface area (Å²) in [5.41, 5.74) is 16.1. The van der Waals surface area contributed by atoms with Crippen molar-refractivity contribution in [2.75, 3.05) is 25.9 Å². The van der Waals surface area contributed by atoms with Gasteiger partial charge in [-0.05, 0) is 47.0 Å². The summed E-state index contributed by atoms with van der Waals surface area (Å²) in [6.45, 7) is 2.53. The highest BCUT2D eigenvalue weighted by Crippen LogP contribution is 2.35. The zero-order chi connectivity index (χ0) is 29.1. The normalized spacial score (nSPS) is 15.8. The van der Waals surface area contributed by atoms with E-state index in [0.29, 0.717) is 55.4 Å². The first-order chi connectivity index (χ1) is 19.7. The summed E-state index contributed by atoms with van der Waals surface area (Å²) in [6.07, 6.45) is 2.44. The van der Waals surface area contributed by atoms with Gasteiger partial charge in [-0.1, -0.05) is 59.6 Å². The molecular weight excluding hydrogens is 579 g/mol. The molecule has 1 fully saturated rings. The van der Waals surface area contributed by atoms with Crippen LogP contribution in [0.1, 0.15) is 35.2 Å². The first kappa shape index (κ1) is 29.4. The van der Waals surface area contributed by atoms with Crippen molar-refractivity contribution in [3.8, 4) is 11.1 Å². The van der Waals surface area contributed by atoms with Crippen LogP contribution in [-0.4, -0.2) is 51.0 Å². The molecular formula is C30H32Cl2N6O2S. The molecule has 0 spiro atoms. The first-order valence-electron chi connectivity index (χ1n) is 13.3. The van der Waals surface area contributed by atoms with E-state index in [-0.39, 0.29) is 12.2 Å². The molecule has 2 aromatic carbocycles. The molecule has 2 aromatic heterocycles. The number of aromatic nitrogens is 2. The Kier molecular flexibility index (Phi) is 8.94. The third-order valence-corrected chi connectivity index (χ3v) is 9.13. The van der Waals surface area contributed by atoms with Crippen LogP contribution in [0.4, 0.5) is 5.69 Å². The number of hydrogen-bond donors (Lipinski definition) is 3. The number of aliphatic imine (C=N–C) groups is 1. The van der Waals surface area contributed by atoms with Crippen molar-refractivity contribution in [2.24, 2.45) is 10.7 Å². The van der Waals surface area contributed by atoms with Crippen LogP contribution in [0, 0.1) is 0 Å². The van der Waals surface area contributed by atoms with Gasteiger partial charge in [0, 0.05) is 49.4 Å². The summed E-state index contributed by atoms with van der Waals surface area (Å²) < 4.78 is 2.14. The quantitative estimate of drug-likeness (QED) is 0.246. The van der Waals surface area contributed by atoms with E-state index in [2.05, 4.69) is 14.9 Å². The molecule has 41 heavy (non-hydrogen) atoms. The molecule has 1 saturated heterocycles. The minimum absolute atomic E-state index is 0.00105. The number of anilines is 1. The molecule has 0 radical (unpaired) electrons. The van der Waals surface area contributed by atoms with Gasteiger partial charge in [0.25, 0.3) is 5.56 Å². The van der Waals surface area contributed by atoms with Crippen LogP contribution in [-0.2, 0) is 19.6 Å². The van der Waals surface area contributed by atoms with Gasteiger partial charge in [-0.3, -0.25) is 19.3 Å². The average molecular weight is 612 g/mol. The van der Waals surface area contributed by atoms with Crippen molar-refractivity contribution in [3.05, 3.63) is 102 Å². The molecule has 0 bridgehead atoms. The molecule has 1 aliphatic heterocycles.